The van der Waals surface area contributed by atoms with Crippen LogP contribution in [0.4, 0.5) is 0 Å². The molecule has 10 rings (SSSR count). The van der Waals surface area contributed by atoms with Gasteiger partial charge >= 0.3 is 0 Å². The van der Waals surface area contributed by atoms with Crippen LogP contribution in [0.3, 0.4) is 0 Å². The van der Waals surface area contributed by atoms with Gasteiger partial charge in [0.15, 0.2) is 0 Å². The zero-order valence-electron chi connectivity index (χ0n) is 40.2. The van der Waals surface area contributed by atoms with Crippen molar-refractivity contribution in [1.82, 2.24) is 15.0 Å². The van der Waals surface area contributed by atoms with Gasteiger partial charge in [0.05, 0.1) is 6.85 Å². The van der Waals surface area contributed by atoms with Crippen LogP contribution in [0.25, 0.3) is 77.9 Å². The van der Waals surface area contributed by atoms with Crippen LogP contribution in [-0.2, 0) is 60.3 Å². The van der Waals surface area contributed by atoms with Crippen molar-refractivity contribution in [3.05, 3.63) is 247 Å². The smallest absolute Gasteiger partial charge is 0.0629 e. The molecule has 3 heterocycles. The molecule has 0 amide bonds. The van der Waals surface area contributed by atoms with E-state index in [1.165, 1.54) is 33.4 Å². The van der Waals surface area contributed by atoms with Crippen molar-refractivity contribution in [2.45, 2.75) is 20.8 Å². The molecular weight excluding hydrogens is 1320 g/mol. The van der Waals surface area contributed by atoms with E-state index in [9.17, 15) is 0 Å². The van der Waals surface area contributed by atoms with E-state index >= 15 is 0 Å². The van der Waals surface area contributed by atoms with E-state index in [-0.39, 0.29) is 90.0 Å². The number of benzene rings is 7. The minimum atomic E-state index is -0.397. The predicted molar refractivity (Wildman–Crippen MR) is 254 cm³/mol. The van der Waals surface area contributed by atoms with Crippen molar-refractivity contribution in [1.29, 1.82) is 0 Å². The maximum absolute atomic E-state index is 8.19. The normalized spacial score (nSPS) is 11.1. The maximum Gasteiger partial charge on any atom is 0.0629 e. The number of pyridine rings is 3. The number of aryl methyl sites for hydroxylation is 3. The van der Waals surface area contributed by atoms with Crippen molar-refractivity contribution in [3.8, 4) is 67.2 Å². The molecule has 3 aromatic heterocycles. The second kappa shape index (κ2) is 24.3. The SMILES string of the molecule is Cc1cc(-c2[c-]cccc2)ncc1-c1ccccc1.Cc1cc(-c2ccccn2)[c-]cc1-c1ccccc1.[2H]c1c([2H])c([2H])c(-c2cnc(-c3[c-]ccc4ccccc34)cc2C)c([2H])c1[2H].[Ir].[Ir].[Ir]. The van der Waals surface area contributed by atoms with E-state index in [0.29, 0.717) is 5.56 Å². The molecule has 3 radical (unpaired) electrons. The molecule has 0 unspecified atom stereocenters. The zero-order valence-corrected chi connectivity index (χ0v) is 42.3. The molecule has 0 aliphatic heterocycles. The Kier molecular flexibility index (Phi) is 16.0. The molecular formula is C58H44Ir3N3-3. The van der Waals surface area contributed by atoms with Crippen LogP contribution in [0.5, 0.6) is 0 Å². The van der Waals surface area contributed by atoms with Crippen LogP contribution in [0, 0.1) is 39.0 Å². The molecule has 0 aliphatic carbocycles. The average molecular weight is 1360 g/mol. The van der Waals surface area contributed by atoms with Crippen molar-refractivity contribution >= 4 is 10.8 Å². The first-order valence-electron chi connectivity index (χ1n) is 22.5. The predicted octanol–water partition coefficient (Wildman–Crippen LogP) is 14.7. The van der Waals surface area contributed by atoms with Gasteiger partial charge in [-0.25, -0.2) is 0 Å². The summed E-state index contributed by atoms with van der Waals surface area (Å²) in [6, 6.07) is 62.9. The van der Waals surface area contributed by atoms with E-state index in [2.05, 4.69) is 102 Å². The van der Waals surface area contributed by atoms with Crippen LogP contribution < -0.4 is 0 Å². The first kappa shape index (κ1) is 42.2. The van der Waals surface area contributed by atoms with Gasteiger partial charge in [-0.2, -0.15) is 0 Å². The molecule has 0 bridgehead atoms. The molecule has 7 aromatic carbocycles. The molecule has 10 aromatic rings. The molecule has 321 valence electrons. The van der Waals surface area contributed by atoms with E-state index in [4.69, 9.17) is 6.85 Å². The fourth-order valence-corrected chi connectivity index (χ4v) is 7.09. The summed E-state index contributed by atoms with van der Waals surface area (Å²) in [5.41, 5.74) is 14.4. The number of hydrogen-bond acceptors (Lipinski definition) is 3. The zero-order chi connectivity index (χ0) is 46.2. The quantitative estimate of drug-likeness (QED) is 0.156. The van der Waals surface area contributed by atoms with Gasteiger partial charge in [-0.3, -0.25) is 0 Å². The summed E-state index contributed by atoms with van der Waals surface area (Å²) in [7, 11) is 0. The Morgan fingerprint density at radius 1 is 0.438 bits per heavy atom. The van der Waals surface area contributed by atoms with Gasteiger partial charge in [-0.15, -0.1) is 94.4 Å². The number of fused-ring (bicyclic) bond motifs is 1. The molecule has 3 nitrogen and oxygen atoms in total. The Labute approximate surface area is 425 Å². The second-order valence-electron chi connectivity index (χ2n) is 14.4. The van der Waals surface area contributed by atoms with Gasteiger partial charge in [-0.05, 0) is 59.2 Å². The van der Waals surface area contributed by atoms with Crippen LogP contribution in [0.1, 0.15) is 23.5 Å². The average Bonchev–Trinajstić information content (AvgIpc) is 3.37. The van der Waals surface area contributed by atoms with Crippen LogP contribution in [-0.4, -0.2) is 15.0 Å². The van der Waals surface area contributed by atoms with Crippen molar-refractivity contribution < 1.29 is 67.2 Å². The van der Waals surface area contributed by atoms with Gasteiger partial charge in [0.2, 0.25) is 0 Å². The first-order chi connectivity index (χ1) is 32.1. The van der Waals surface area contributed by atoms with E-state index in [0.717, 1.165) is 50.1 Å². The molecule has 0 spiro atoms. The molecule has 0 saturated carbocycles. The molecule has 0 aliphatic rings. The fourth-order valence-electron chi connectivity index (χ4n) is 7.09. The topological polar surface area (TPSA) is 38.7 Å². The summed E-state index contributed by atoms with van der Waals surface area (Å²) in [5.74, 6) is 0. The Bertz CT molecular complexity index is 3130. The third kappa shape index (κ3) is 12.3. The van der Waals surface area contributed by atoms with E-state index < -0.39 is 6.04 Å². The van der Waals surface area contributed by atoms with Crippen LogP contribution >= 0.6 is 0 Å². The molecule has 0 saturated heterocycles. The third-order valence-corrected chi connectivity index (χ3v) is 10.2. The van der Waals surface area contributed by atoms with Gasteiger partial charge in [0.25, 0.3) is 0 Å². The third-order valence-electron chi connectivity index (χ3n) is 10.2. The molecule has 0 N–H and O–H groups in total. The van der Waals surface area contributed by atoms with Crippen molar-refractivity contribution in [2.75, 3.05) is 0 Å². The minimum absolute atomic E-state index is 0. The Morgan fingerprint density at radius 3 is 1.67 bits per heavy atom. The van der Waals surface area contributed by atoms with Gasteiger partial charge < -0.3 is 15.0 Å². The summed E-state index contributed by atoms with van der Waals surface area (Å²) in [6.45, 7) is 6.10. The van der Waals surface area contributed by atoms with Gasteiger partial charge in [-0.1, -0.05) is 163 Å². The maximum atomic E-state index is 8.19. The molecule has 0 atom stereocenters. The molecule has 64 heavy (non-hydrogen) atoms. The molecule has 6 heteroatoms. The Balaban J connectivity index is 0.000000194. The largest absolute Gasteiger partial charge is 0.305 e. The first-order valence-corrected chi connectivity index (χ1v) is 20.0. The van der Waals surface area contributed by atoms with Crippen LogP contribution in [0.2, 0.25) is 0 Å². The van der Waals surface area contributed by atoms with E-state index in [1.807, 2.05) is 129 Å². The molecule has 0 fully saturated rings. The Hall–Kier alpha value is -5.80. The van der Waals surface area contributed by atoms with E-state index in [1.54, 1.807) is 6.20 Å². The summed E-state index contributed by atoms with van der Waals surface area (Å²) in [6.07, 6.45) is 5.33. The van der Waals surface area contributed by atoms with Gasteiger partial charge in [0.1, 0.15) is 0 Å². The Morgan fingerprint density at radius 2 is 1.03 bits per heavy atom. The summed E-state index contributed by atoms with van der Waals surface area (Å²) in [5, 5.41) is 2.12. The summed E-state index contributed by atoms with van der Waals surface area (Å²) in [4.78, 5) is 13.4. The second-order valence-corrected chi connectivity index (χ2v) is 14.4. The number of aromatic nitrogens is 3. The van der Waals surface area contributed by atoms with Gasteiger partial charge in [0, 0.05) is 90.0 Å². The standard InChI is InChI=1S/C22H16N.2C18H14N.3Ir/c1-16-14-22(23-15-21(16)18-8-3-2-4-9-18)20-13-7-11-17-10-5-6-12-19(17)20;1-14-12-18(16-10-6-3-7-11-16)19-13-17(14)15-8-4-2-5-9-15;1-14-13-16(18-9-5-6-12-19-18)10-11-17(14)15-7-3-2-4-8-15;;;/h2-12,14-15H,1H3;2-10,12-13H,1H3;2-9,11-13H,1H3;;;/q3*-1;;;/i2D,3D,4D,8D,9D;;;;;. The minimum Gasteiger partial charge on any atom is -0.305 e. The monoisotopic (exact) mass is 1370 g/mol. The number of nitrogens with zero attached hydrogens (tertiary/aromatic N) is 3. The number of hydrogen-bond donors (Lipinski definition) is 0. The van der Waals surface area contributed by atoms with Crippen molar-refractivity contribution in [2.24, 2.45) is 0 Å². The number of rotatable bonds is 6. The fraction of sp³-hybridized carbons (Fsp3) is 0.0517. The summed E-state index contributed by atoms with van der Waals surface area (Å²) >= 11 is 0. The van der Waals surface area contributed by atoms with Crippen molar-refractivity contribution in [3.63, 3.8) is 0 Å². The summed E-state index contributed by atoms with van der Waals surface area (Å²) < 4.78 is 39.9. The van der Waals surface area contributed by atoms with Crippen LogP contribution in [0.15, 0.2) is 213 Å².